The van der Waals surface area contributed by atoms with E-state index in [2.05, 4.69) is 4.98 Å². The molecular formula is C24H28FN3O4S. The van der Waals surface area contributed by atoms with Gasteiger partial charge in [0.2, 0.25) is 5.91 Å². The highest BCUT2D eigenvalue weighted by Gasteiger charge is 2.23. The first-order valence-electron chi connectivity index (χ1n) is 11.3. The van der Waals surface area contributed by atoms with E-state index in [-0.39, 0.29) is 36.6 Å². The van der Waals surface area contributed by atoms with Crippen LogP contribution in [0, 0.1) is 5.82 Å². The molecule has 4 rings (SSSR count). The van der Waals surface area contributed by atoms with Crippen LogP contribution >= 0.6 is 11.3 Å². The molecule has 1 aromatic carbocycles. The highest BCUT2D eigenvalue weighted by Crippen LogP contribution is 2.24. The fourth-order valence-corrected chi connectivity index (χ4v) is 4.88. The van der Waals surface area contributed by atoms with Gasteiger partial charge in [-0.1, -0.05) is 0 Å². The molecule has 1 aliphatic rings. The van der Waals surface area contributed by atoms with Gasteiger partial charge in [-0.25, -0.2) is 9.37 Å². The number of halogens is 1. The topological polar surface area (TPSA) is 73.1 Å². The summed E-state index contributed by atoms with van der Waals surface area (Å²) >= 11 is 1.53. The Balaban J connectivity index is 1.44. The number of carbonyl (C=O) groups is 2. The molecule has 0 bridgehead atoms. The second kappa shape index (κ2) is 10.9. The van der Waals surface area contributed by atoms with Crippen LogP contribution in [-0.2, 0) is 25.5 Å². The van der Waals surface area contributed by atoms with Gasteiger partial charge < -0.3 is 14.4 Å². The summed E-state index contributed by atoms with van der Waals surface area (Å²) in [4.78, 5) is 31.9. The van der Waals surface area contributed by atoms with Gasteiger partial charge in [0.1, 0.15) is 5.82 Å². The minimum atomic E-state index is -0.353. The summed E-state index contributed by atoms with van der Waals surface area (Å²) in [6.07, 6.45) is 4.79. The van der Waals surface area contributed by atoms with Crippen LogP contribution in [0.15, 0.2) is 35.8 Å². The molecule has 1 unspecified atom stereocenters. The zero-order valence-corrected chi connectivity index (χ0v) is 19.5. The summed E-state index contributed by atoms with van der Waals surface area (Å²) in [5, 5.41) is 2.05. The van der Waals surface area contributed by atoms with E-state index in [9.17, 15) is 14.0 Å². The molecule has 1 atom stereocenters. The highest BCUT2D eigenvalue weighted by atomic mass is 32.1. The quantitative estimate of drug-likeness (QED) is 0.415. The van der Waals surface area contributed by atoms with E-state index < -0.39 is 0 Å². The van der Waals surface area contributed by atoms with Crippen LogP contribution in [0.25, 0.3) is 16.2 Å². The third-order valence-electron chi connectivity index (χ3n) is 5.71. The number of nitrogens with zero attached hydrogens (tertiary/aromatic N) is 3. The maximum Gasteiger partial charge on any atom is 0.306 e. The number of esters is 1. The zero-order valence-electron chi connectivity index (χ0n) is 18.7. The summed E-state index contributed by atoms with van der Waals surface area (Å²) < 4.78 is 26.0. The molecule has 176 valence electrons. The van der Waals surface area contributed by atoms with Crippen molar-refractivity contribution in [1.82, 2.24) is 14.3 Å². The average Bonchev–Trinajstić information content (AvgIpc) is 3.54. The average molecular weight is 474 g/mol. The van der Waals surface area contributed by atoms with Gasteiger partial charge in [0.25, 0.3) is 0 Å². The molecule has 3 aromatic rings. The fraction of sp³-hybridized carbons (Fsp3) is 0.458. The molecule has 33 heavy (non-hydrogen) atoms. The Morgan fingerprint density at radius 3 is 2.85 bits per heavy atom. The molecule has 9 heteroatoms. The number of ether oxygens (including phenoxy) is 2. The minimum Gasteiger partial charge on any atom is -0.466 e. The molecule has 0 saturated carbocycles. The maximum absolute atomic E-state index is 13.2. The molecule has 3 heterocycles. The lowest BCUT2D eigenvalue weighted by atomic mass is 10.2. The van der Waals surface area contributed by atoms with Crippen molar-refractivity contribution < 1.29 is 23.5 Å². The maximum atomic E-state index is 13.2. The van der Waals surface area contributed by atoms with Crippen molar-refractivity contribution in [1.29, 1.82) is 0 Å². The first-order valence-corrected chi connectivity index (χ1v) is 12.2. The van der Waals surface area contributed by atoms with Crippen LogP contribution in [0.3, 0.4) is 0 Å². The van der Waals surface area contributed by atoms with Gasteiger partial charge in [-0.3, -0.25) is 14.0 Å². The van der Waals surface area contributed by atoms with Gasteiger partial charge in [-0.05, 0) is 44.0 Å². The van der Waals surface area contributed by atoms with Gasteiger partial charge in [0.05, 0.1) is 24.8 Å². The SMILES string of the molecule is CCOC(=O)CCC(=O)N(CCc1csc2nc(-c3ccc(F)cc3)cn12)CC1CCCO1. The van der Waals surface area contributed by atoms with E-state index >= 15 is 0 Å². The molecular weight excluding hydrogens is 445 g/mol. The molecule has 1 amide bonds. The second-order valence-corrected chi connectivity index (χ2v) is 8.88. The van der Waals surface area contributed by atoms with E-state index in [0.717, 1.165) is 41.4 Å². The lowest BCUT2D eigenvalue weighted by molar-refractivity contribution is -0.146. The lowest BCUT2D eigenvalue weighted by Crippen LogP contribution is -2.39. The van der Waals surface area contributed by atoms with Gasteiger partial charge in [0, 0.05) is 55.4 Å². The predicted octanol–water partition coefficient (Wildman–Crippen LogP) is 4.10. The summed E-state index contributed by atoms with van der Waals surface area (Å²) in [6, 6.07) is 6.28. The summed E-state index contributed by atoms with van der Waals surface area (Å²) in [5.74, 6) is -0.698. The van der Waals surface area contributed by atoms with E-state index in [1.807, 2.05) is 16.0 Å². The Kier molecular flexibility index (Phi) is 7.72. The van der Waals surface area contributed by atoms with Gasteiger partial charge in [-0.15, -0.1) is 11.3 Å². The van der Waals surface area contributed by atoms with Crippen LogP contribution in [0.5, 0.6) is 0 Å². The van der Waals surface area contributed by atoms with Crippen LogP contribution in [0.4, 0.5) is 4.39 Å². The van der Waals surface area contributed by atoms with Crippen molar-refractivity contribution in [2.45, 2.75) is 45.1 Å². The molecule has 0 spiro atoms. The fourth-order valence-electron chi connectivity index (χ4n) is 3.97. The summed E-state index contributed by atoms with van der Waals surface area (Å²) in [6.45, 7) is 3.84. The predicted molar refractivity (Wildman–Crippen MR) is 124 cm³/mol. The van der Waals surface area contributed by atoms with Crippen molar-refractivity contribution in [3.05, 3.63) is 47.4 Å². The number of carbonyl (C=O) groups excluding carboxylic acids is 2. The highest BCUT2D eigenvalue weighted by molar-refractivity contribution is 7.15. The van der Waals surface area contributed by atoms with Crippen molar-refractivity contribution in [3.63, 3.8) is 0 Å². The Hall–Kier alpha value is -2.78. The first-order chi connectivity index (χ1) is 16.0. The van der Waals surface area contributed by atoms with Gasteiger partial charge in [0.15, 0.2) is 4.96 Å². The number of amides is 1. The van der Waals surface area contributed by atoms with Crippen molar-refractivity contribution in [2.75, 3.05) is 26.3 Å². The third kappa shape index (κ3) is 5.97. The number of hydrogen-bond donors (Lipinski definition) is 0. The summed E-state index contributed by atoms with van der Waals surface area (Å²) in [7, 11) is 0. The van der Waals surface area contributed by atoms with Gasteiger partial charge in [-0.2, -0.15) is 0 Å². The lowest BCUT2D eigenvalue weighted by Gasteiger charge is -2.25. The number of hydrogen-bond acceptors (Lipinski definition) is 6. The Morgan fingerprint density at radius 2 is 2.12 bits per heavy atom. The monoisotopic (exact) mass is 473 g/mol. The number of aromatic nitrogens is 2. The zero-order chi connectivity index (χ0) is 23.2. The van der Waals surface area contributed by atoms with Crippen molar-refractivity contribution >= 4 is 28.2 Å². The normalized spacial score (nSPS) is 15.8. The largest absolute Gasteiger partial charge is 0.466 e. The second-order valence-electron chi connectivity index (χ2n) is 8.04. The molecule has 1 aliphatic heterocycles. The molecule has 0 N–H and O–H groups in total. The third-order valence-corrected chi connectivity index (χ3v) is 6.60. The molecule has 1 saturated heterocycles. The molecule has 0 aliphatic carbocycles. The van der Waals surface area contributed by atoms with E-state index in [1.165, 1.54) is 23.5 Å². The Morgan fingerprint density at radius 1 is 1.30 bits per heavy atom. The van der Waals surface area contributed by atoms with Crippen LogP contribution < -0.4 is 0 Å². The smallest absolute Gasteiger partial charge is 0.306 e. The number of imidazole rings is 1. The first kappa shape index (κ1) is 23.4. The molecule has 1 fully saturated rings. The van der Waals surface area contributed by atoms with Crippen LogP contribution in [-0.4, -0.2) is 58.6 Å². The Bertz CT molecular complexity index is 1090. The number of benzene rings is 1. The van der Waals surface area contributed by atoms with Crippen LogP contribution in [0.2, 0.25) is 0 Å². The Labute approximate surface area is 196 Å². The molecule has 7 nitrogen and oxygen atoms in total. The number of thiazole rings is 1. The summed E-state index contributed by atoms with van der Waals surface area (Å²) in [5.41, 5.74) is 2.68. The number of fused-ring (bicyclic) bond motifs is 1. The van der Waals surface area contributed by atoms with Crippen molar-refractivity contribution in [3.8, 4) is 11.3 Å². The van der Waals surface area contributed by atoms with Crippen LogP contribution in [0.1, 0.15) is 38.3 Å². The molecule has 2 aromatic heterocycles. The minimum absolute atomic E-state index is 0.0392. The van der Waals surface area contributed by atoms with Gasteiger partial charge >= 0.3 is 5.97 Å². The van der Waals surface area contributed by atoms with E-state index in [4.69, 9.17) is 9.47 Å². The number of rotatable bonds is 10. The molecule has 0 radical (unpaired) electrons. The van der Waals surface area contributed by atoms with E-state index in [1.54, 1.807) is 24.0 Å². The van der Waals surface area contributed by atoms with Crippen molar-refractivity contribution in [2.24, 2.45) is 0 Å². The standard InChI is InChI=1S/C24H28FN3O4S/c1-2-31-23(30)10-9-22(29)27(14-20-4-3-13-32-20)12-11-19-16-33-24-26-21(15-28(19)24)17-5-7-18(25)8-6-17/h5-8,15-16,20H,2-4,9-14H2,1H3. The van der Waals surface area contributed by atoms with E-state index in [0.29, 0.717) is 26.1 Å².